The molecule has 14 heteroatoms. The number of nitrogens with zero attached hydrogens (tertiary/aromatic N) is 2. The summed E-state index contributed by atoms with van der Waals surface area (Å²) in [6.07, 6.45) is 3.23. The highest BCUT2D eigenvalue weighted by atomic mass is 35.5. The van der Waals surface area contributed by atoms with Crippen molar-refractivity contribution in [1.82, 2.24) is 5.32 Å². The van der Waals surface area contributed by atoms with Gasteiger partial charge >= 0.3 is 0 Å². The lowest BCUT2D eigenvalue weighted by atomic mass is 9.79. The SMILES string of the molecule is CC1=C(S(C)(=O)=O)C(c2ccc(Cl)c([N+](=O)[O-])c2)C2=C(CCCC2=O)N1.O=Cc1ccc(Cl)c([N+](=O)[O-])c1. The van der Waals surface area contributed by atoms with Gasteiger partial charge in [0.2, 0.25) is 0 Å². The maximum atomic E-state index is 12.6. The summed E-state index contributed by atoms with van der Waals surface area (Å²) in [5.74, 6) is -1.01. The van der Waals surface area contributed by atoms with Crippen LogP contribution in [-0.2, 0) is 14.6 Å². The fourth-order valence-electron chi connectivity index (χ4n) is 4.37. The molecule has 11 nitrogen and oxygen atoms in total. The lowest BCUT2D eigenvalue weighted by molar-refractivity contribution is -0.384. The summed E-state index contributed by atoms with van der Waals surface area (Å²) < 4.78 is 24.9. The molecule has 1 unspecified atom stereocenters. The number of nitro groups is 2. The van der Waals surface area contributed by atoms with Gasteiger partial charge in [0.1, 0.15) is 16.3 Å². The van der Waals surface area contributed by atoms with Crippen LogP contribution in [0, 0.1) is 20.2 Å². The van der Waals surface area contributed by atoms with E-state index in [0.29, 0.717) is 48.1 Å². The number of aldehydes is 1. The lowest BCUT2D eigenvalue weighted by Gasteiger charge is -2.34. The van der Waals surface area contributed by atoms with E-state index in [1.165, 1.54) is 30.3 Å². The first-order valence-corrected chi connectivity index (χ1v) is 13.7. The van der Waals surface area contributed by atoms with Crippen LogP contribution in [0.1, 0.15) is 48.0 Å². The molecule has 1 aliphatic carbocycles. The van der Waals surface area contributed by atoms with Gasteiger partial charge in [-0.05, 0) is 43.5 Å². The molecule has 0 aromatic heterocycles. The minimum Gasteiger partial charge on any atom is -0.361 e. The number of hydrogen-bond acceptors (Lipinski definition) is 9. The molecule has 1 N–H and O–H groups in total. The summed E-state index contributed by atoms with van der Waals surface area (Å²) in [5, 5.41) is 24.6. The number of sulfone groups is 1. The van der Waals surface area contributed by atoms with Crippen molar-refractivity contribution in [2.45, 2.75) is 32.1 Å². The van der Waals surface area contributed by atoms with Gasteiger partial charge in [-0.15, -0.1) is 0 Å². The summed E-state index contributed by atoms with van der Waals surface area (Å²) in [4.78, 5) is 43.2. The maximum Gasteiger partial charge on any atom is 0.288 e. The van der Waals surface area contributed by atoms with Gasteiger partial charge in [-0.3, -0.25) is 29.8 Å². The molecule has 0 radical (unpaired) electrons. The Balaban J connectivity index is 0.000000279. The van der Waals surface area contributed by atoms with Crippen molar-refractivity contribution in [3.63, 3.8) is 0 Å². The number of Topliss-reactive ketones (excluding diaryl/α,β-unsaturated/α-hetero) is 1. The van der Waals surface area contributed by atoms with Crippen LogP contribution in [0.25, 0.3) is 0 Å². The standard InChI is InChI=1S/C17H17ClN2O5S.C7H4ClNO3/c1-9-17(26(2,24)25)15(16-12(19-9)4-3-5-14(16)21)10-6-7-11(18)13(8-10)20(22)23;8-6-2-1-5(4-10)3-7(6)9(11)12/h6-8,15,19H,3-5H2,1-2H3;1-4H. The smallest absolute Gasteiger partial charge is 0.288 e. The molecule has 2 aromatic rings. The van der Waals surface area contributed by atoms with Crippen LogP contribution in [0.4, 0.5) is 11.4 Å². The number of hydrogen-bond donors (Lipinski definition) is 1. The monoisotopic (exact) mass is 581 g/mol. The van der Waals surface area contributed by atoms with Crippen molar-refractivity contribution in [2.75, 3.05) is 6.26 Å². The molecule has 4 rings (SSSR count). The molecule has 38 heavy (non-hydrogen) atoms. The van der Waals surface area contributed by atoms with Crippen LogP contribution in [0.2, 0.25) is 10.0 Å². The lowest BCUT2D eigenvalue weighted by Crippen LogP contribution is -2.33. The van der Waals surface area contributed by atoms with Crippen LogP contribution in [0.3, 0.4) is 0 Å². The molecular formula is C24H21Cl2N3O8S. The number of carbonyl (C=O) groups excluding carboxylic acids is 2. The van der Waals surface area contributed by atoms with Gasteiger partial charge in [-0.1, -0.05) is 29.3 Å². The molecule has 0 spiro atoms. The van der Waals surface area contributed by atoms with Crippen molar-refractivity contribution < 1.29 is 27.9 Å². The van der Waals surface area contributed by atoms with E-state index in [0.717, 1.165) is 12.3 Å². The van der Waals surface area contributed by atoms with Crippen LogP contribution >= 0.6 is 23.2 Å². The number of ketones is 1. The molecule has 1 atom stereocenters. The van der Waals surface area contributed by atoms with Crippen molar-refractivity contribution in [3.05, 3.63) is 99.7 Å². The Morgan fingerprint density at radius 3 is 2.13 bits per heavy atom. The first-order valence-electron chi connectivity index (χ1n) is 11.0. The molecule has 2 aromatic carbocycles. The number of dihydropyridines is 1. The minimum absolute atomic E-state index is 0.0330. The first kappa shape index (κ1) is 29.0. The second-order valence-electron chi connectivity index (χ2n) is 8.54. The van der Waals surface area contributed by atoms with Crippen molar-refractivity contribution in [3.8, 4) is 0 Å². The number of benzene rings is 2. The average molecular weight is 582 g/mol. The predicted molar refractivity (Wildman–Crippen MR) is 141 cm³/mol. The Bertz CT molecular complexity index is 1530. The number of nitrogens with one attached hydrogen (secondary N) is 1. The Morgan fingerprint density at radius 2 is 1.58 bits per heavy atom. The average Bonchev–Trinajstić information content (AvgIpc) is 2.83. The molecule has 1 aliphatic heterocycles. The zero-order valence-electron chi connectivity index (χ0n) is 20.1. The number of rotatable bonds is 5. The fraction of sp³-hybridized carbons (Fsp3) is 0.250. The molecule has 0 fully saturated rings. The maximum absolute atomic E-state index is 12.6. The van der Waals surface area contributed by atoms with E-state index >= 15 is 0 Å². The number of allylic oxidation sites excluding steroid dienone is 4. The zero-order chi connectivity index (χ0) is 28.4. The van der Waals surface area contributed by atoms with Crippen LogP contribution in [0.15, 0.2) is 58.3 Å². The van der Waals surface area contributed by atoms with Gasteiger partial charge in [0.15, 0.2) is 15.6 Å². The highest BCUT2D eigenvalue weighted by Crippen LogP contribution is 2.45. The fourth-order valence-corrected chi connectivity index (χ4v) is 6.03. The predicted octanol–water partition coefficient (Wildman–Crippen LogP) is 5.28. The number of halogens is 2. The Hall–Kier alpha value is -3.61. The van der Waals surface area contributed by atoms with E-state index in [1.54, 1.807) is 6.92 Å². The number of nitro benzene ring substituents is 2. The molecule has 2 aliphatic rings. The summed E-state index contributed by atoms with van der Waals surface area (Å²) in [5.41, 5.74) is 1.53. The van der Waals surface area contributed by atoms with Gasteiger partial charge in [-0.25, -0.2) is 8.42 Å². The van der Waals surface area contributed by atoms with Crippen molar-refractivity contribution in [2.24, 2.45) is 0 Å². The molecular weight excluding hydrogens is 561 g/mol. The topological polar surface area (TPSA) is 167 Å². The van der Waals surface area contributed by atoms with Crippen LogP contribution in [0.5, 0.6) is 0 Å². The Kier molecular flexibility index (Phi) is 8.70. The number of carbonyl (C=O) groups is 2. The van der Waals surface area contributed by atoms with E-state index in [-0.39, 0.29) is 37.7 Å². The van der Waals surface area contributed by atoms with Crippen LogP contribution in [-0.4, -0.2) is 36.6 Å². The normalized spacial score (nSPS) is 17.2. The van der Waals surface area contributed by atoms with E-state index in [2.05, 4.69) is 5.32 Å². The third kappa shape index (κ3) is 6.09. The molecule has 0 amide bonds. The van der Waals surface area contributed by atoms with Crippen molar-refractivity contribution >= 4 is 56.5 Å². The van der Waals surface area contributed by atoms with Gasteiger partial charge in [0.25, 0.3) is 11.4 Å². The summed E-state index contributed by atoms with van der Waals surface area (Å²) in [7, 11) is -3.66. The van der Waals surface area contributed by atoms with Gasteiger partial charge in [0, 0.05) is 47.3 Å². The van der Waals surface area contributed by atoms with E-state index < -0.39 is 25.6 Å². The molecule has 0 bridgehead atoms. The summed E-state index contributed by atoms with van der Waals surface area (Å²) >= 11 is 11.4. The third-order valence-electron chi connectivity index (χ3n) is 5.92. The molecule has 200 valence electrons. The molecule has 1 heterocycles. The Morgan fingerprint density at radius 1 is 1.00 bits per heavy atom. The van der Waals surface area contributed by atoms with E-state index in [9.17, 15) is 38.2 Å². The first-order chi connectivity index (χ1) is 17.8. The highest BCUT2D eigenvalue weighted by Gasteiger charge is 2.40. The minimum atomic E-state index is -3.66. The van der Waals surface area contributed by atoms with Gasteiger partial charge in [-0.2, -0.15) is 0 Å². The summed E-state index contributed by atoms with van der Waals surface area (Å²) in [6.45, 7) is 1.64. The largest absolute Gasteiger partial charge is 0.361 e. The van der Waals surface area contributed by atoms with Gasteiger partial charge < -0.3 is 5.32 Å². The second-order valence-corrected chi connectivity index (χ2v) is 11.3. The van der Waals surface area contributed by atoms with E-state index in [4.69, 9.17) is 23.2 Å². The Labute approximate surface area is 227 Å². The van der Waals surface area contributed by atoms with Crippen LogP contribution < -0.4 is 5.32 Å². The second kappa shape index (κ2) is 11.4. The van der Waals surface area contributed by atoms with E-state index in [1.807, 2.05) is 0 Å². The summed E-state index contributed by atoms with van der Waals surface area (Å²) in [6, 6.07) is 8.03. The van der Waals surface area contributed by atoms with Crippen molar-refractivity contribution in [1.29, 1.82) is 0 Å². The molecule has 0 saturated heterocycles. The highest BCUT2D eigenvalue weighted by molar-refractivity contribution is 7.94. The van der Waals surface area contributed by atoms with Gasteiger partial charge in [0.05, 0.1) is 20.7 Å². The quantitative estimate of drug-likeness (QED) is 0.280. The molecule has 0 saturated carbocycles. The zero-order valence-corrected chi connectivity index (χ0v) is 22.4. The third-order valence-corrected chi connectivity index (χ3v) is 7.90.